The van der Waals surface area contributed by atoms with E-state index in [9.17, 15) is 13.2 Å². The highest BCUT2D eigenvalue weighted by atomic mass is 35.5. The molecule has 0 saturated heterocycles. The number of aromatic nitrogens is 3. The van der Waals surface area contributed by atoms with Gasteiger partial charge in [0.15, 0.2) is 0 Å². The van der Waals surface area contributed by atoms with Crippen molar-refractivity contribution in [3.8, 4) is 5.75 Å². The number of benzene rings is 1. The first-order valence-electron chi connectivity index (χ1n) is 7.46. The van der Waals surface area contributed by atoms with Crippen LogP contribution in [0.1, 0.15) is 23.8 Å². The molecule has 0 atom stereocenters. The standard InChI is InChI=1S/C16H12ClF3N4O2S/c1-27-16-23-22-15(14(19)20)24(16)21-7-10-2-3-11(26-10)8-25-9-4-5-13(18)12(17)6-9/h2-7,14H,8H2,1H3/b21-7-. The van der Waals surface area contributed by atoms with Gasteiger partial charge in [-0.1, -0.05) is 23.4 Å². The number of rotatable bonds is 7. The Kier molecular flexibility index (Phi) is 6.07. The fourth-order valence-electron chi connectivity index (χ4n) is 2.03. The summed E-state index contributed by atoms with van der Waals surface area (Å²) in [6, 6.07) is 7.23. The van der Waals surface area contributed by atoms with Gasteiger partial charge in [0.25, 0.3) is 6.43 Å². The van der Waals surface area contributed by atoms with Crippen molar-refractivity contribution < 1.29 is 22.3 Å². The van der Waals surface area contributed by atoms with Gasteiger partial charge >= 0.3 is 0 Å². The van der Waals surface area contributed by atoms with Crippen molar-refractivity contribution in [2.24, 2.45) is 5.10 Å². The summed E-state index contributed by atoms with van der Waals surface area (Å²) in [5.41, 5.74) is 0. The van der Waals surface area contributed by atoms with Gasteiger partial charge in [-0.2, -0.15) is 9.78 Å². The number of furan rings is 1. The lowest BCUT2D eigenvalue weighted by Gasteiger charge is -2.04. The Morgan fingerprint density at radius 2 is 2.15 bits per heavy atom. The topological polar surface area (TPSA) is 65.4 Å². The van der Waals surface area contributed by atoms with Gasteiger partial charge in [0.2, 0.25) is 11.0 Å². The molecule has 0 amide bonds. The Hall–Kier alpha value is -2.46. The molecule has 142 valence electrons. The lowest BCUT2D eigenvalue weighted by molar-refractivity contribution is 0.135. The maximum Gasteiger partial charge on any atom is 0.299 e. The van der Waals surface area contributed by atoms with E-state index in [2.05, 4.69) is 15.3 Å². The molecule has 2 heterocycles. The van der Waals surface area contributed by atoms with Crippen LogP contribution in [0.4, 0.5) is 13.2 Å². The smallest absolute Gasteiger partial charge is 0.299 e. The molecule has 27 heavy (non-hydrogen) atoms. The van der Waals surface area contributed by atoms with E-state index in [0.717, 1.165) is 16.4 Å². The Morgan fingerprint density at radius 3 is 2.85 bits per heavy atom. The molecule has 0 spiro atoms. The van der Waals surface area contributed by atoms with E-state index in [-0.39, 0.29) is 16.8 Å². The van der Waals surface area contributed by atoms with E-state index in [0.29, 0.717) is 17.3 Å². The highest BCUT2D eigenvalue weighted by molar-refractivity contribution is 7.98. The second kappa shape index (κ2) is 8.49. The van der Waals surface area contributed by atoms with Crippen LogP contribution in [0.25, 0.3) is 0 Å². The van der Waals surface area contributed by atoms with Crippen LogP contribution in [-0.4, -0.2) is 27.3 Å². The van der Waals surface area contributed by atoms with Crippen molar-refractivity contribution in [3.05, 3.63) is 58.5 Å². The van der Waals surface area contributed by atoms with Crippen LogP contribution in [0.5, 0.6) is 5.75 Å². The van der Waals surface area contributed by atoms with Crippen LogP contribution in [-0.2, 0) is 6.61 Å². The van der Waals surface area contributed by atoms with Gasteiger partial charge in [0.05, 0.1) is 11.2 Å². The number of ether oxygens (including phenoxy) is 1. The molecule has 0 bridgehead atoms. The first kappa shape index (κ1) is 19.3. The van der Waals surface area contributed by atoms with Crippen molar-refractivity contribution in [3.63, 3.8) is 0 Å². The molecule has 0 N–H and O–H groups in total. The summed E-state index contributed by atoms with van der Waals surface area (Å²) in [7, 11) is 0. The molecule has 0 aliphatic rings. The number of alkyl halides is 2. The third-order valence-corrected chi connectivity index (χ3v) is 4.18. The maximum absolute atomic E-state index is 13.1. The Labute approximate surface area is 161 Å². The first-order chi connectivity index (χ1) is 13.0. The molecule has 0 unspecified atom stereocenters. The van der Waals surface area contributed by atoms with Crippen molar-refractivity contribution in [2.75, 3.05) is 6.26 Å². The van der Waals surface area contributed by atoms with Gasteiger partial charge < -0.3 is 9.15 Å². The maximum atomic E-state index is 13.1. The quantitative estimate of drug-likeness (QED) is 0.409. The molecule has 3 rings (SSSR count). The van der Waals surface area contributed by atoms with Crippen LogP contribution in [0.15, 0.2) is 45.0 Å². The monoisotopic (exact) mass is 416 g/mol. The average molecular weight is 417 g/mol. The number of hydrogen-bond acceptors (Lipinski definition) is 6. The Balaban J connectivity index is 1.68. The zero-order valence-electron chi connectivity index (χ0n) is 13.8. The molecule has 0 radical (unpaired) electrons. The molecular formula is C16H12ClF3N4O2S. The average Bonchev–Trinajstić information content (AvgIpc) is 3.27. The van der Waals surface area contributed by atoms with Crippen LogP contribution >= 0.6 is 23.4 Å². The highest BCUT2D eigenvalue weighted by Crippen LogP contribution is 2.23. The van der Waals surface area contributed by atoms with Gasteiger partial charge in [-0.15, -0.1) is 10.2 Å². The third kappa shape index (κ3) is 4.64. The van der Waals surface area contributed by atoms with E-state index in [1.165, 1.54) is 24.4 Å². The molecule has 0 fully saturated rings. The van der Waals surface area contributed by atoms with Gasteiger partial charge in [-0.3, -0.25) is 0 Å². The Bertz CT molecular complexity index is 961. The predicted molar refractivity (Wildman–Crippen MR) is 94.2 cm³/mol. The largest absolute Gasteiger partial charge is 0.486 e. The Morgan fingerprint density at radius 1 is 1.33 bits per heavy atom. The molecule has 0 saturated carbocycles. The van der Waals surface area contributed by atoms with Crippen LogP contribution in [0.3, 0.4) is 0 Å². The number of thioether (sulfide) groups is 1. The van der Waals surface area contributed by atoms with Crippen molar-refractivity contribution >= 4 is 29.6 Å². The minimum atomic E-state index is -2.81. The summed E-state index contributed by atoms with van der Waals surface area (Å²) in [5.74, 6) is 0.0661. The predicted octanol–water partition coefficient (Wildman–Crippen LogP) is 4.78. The summed E-state index contributed by atoms with van der Waals surface area (Å²) >= 11 is 6.82. The van der Waals surface area contributed by atoms with Gasteiger partial charge in [0, 0.05) is 6.07 Å². The van der Waals surface area contributed by atoms with Crippen molar-refractivity contribution in [2.45, 2.75) is 18.2 Å². The minimum Gasteiger partial charge on any atom is -0.486 e. The van der Waals surface area contributed by atoms with Gasteiger partial charge in [0.1, 0.15) is 29.7 Å². The highest BCUT2D eigenvalue weighted by Gasteiger charge is 2.19. The zero-order valence-corrected chi connectivity index (χ0v) is 15.3. The molecule has 0 aliphatic heterocycles. The van der Waals surface area contributed by atoms with Crippen LogP contribution in [0.2, 0.25) is 5.02 Å². The summed E-state index contributed by atoms with van der Waals surface area (Å²) in [6.07, 6.45) is 0.140. The summed E-state index contributed by atoms with van der Waals surface area (Å²) in [5, 5.41) is 11.2. The molecule has 6 nitrogen and oxygen atoms in total. The lowest BCUT2D eigenvalue weighted by Crippen LogP contribution is -2.00. The minimum absolute atomic E-state index is 0.0480. The van der Waals surface area contributed by atoms with E-state index in [1.54, 1.807) is 18.4 Å². The van der Waals surface area contributed by atoms with E-state index in [4.69, 9.17) is 20.8 Å². The normalized spacial score (nSPS) is 11.6. The second-order valence-corrected chi connectivity index (χ2v) is 6.25. The van der Waals surface area contributed by atoms with E-state index in [1.807, 2.05) is 0 Å². The van der Waals surface area contributed by atoms with Gasteiger partial charge in [-0.25, -0.2) is 13.2 Å². The van der Waals surface area contributed by atoms with Gasteiger partial charge in [-0.05, 0) is 30.5 Å². The summed E-state index contributed by atoms with van der Waals surface area (Å²) in [6.45, 7) is 0.0702. The number of halogens is 4. The van der Waals surface area contributed by atoms with E-state index >= 15 is 0 Å². The molecule has 0 aliphatic carbocycles. The zero-order chi connectivity index (χ0) is 19.4. The fraction of sp³-hybridized carbons (Fsp3) is 0.188. The number of hydrogen-bond donors (Lipinski definition) is 0. The van der Waals surface area contributed by atoms with Crippen molar-refractivity contribution in [1.29, 1.82) is 0 Å². The molecule has 3 aromatic rings. The second-order valence-electron chi connectivity index (χ2n) is 5.07. The third-order valence-electron chi connectivity index (χ3n) is 3.27. The summed E-state index contributed by atoms with van der Waals surface area (Å²) < 4.78 is 50.9. The molecule has 2 aromatic heterocycles. The molecule has 1 aromatic carbocycles. The molecule has 11 heteroatoms. The summed E-state index contributed by atoms with van der Waals surface area (Å²) in [4.78, 5) is 0. The first-order valence-corrected chi connectivity index (χ1v) is 9.06. The fourth-order valence-corrected chi connectivity index (χ4v) is 2.63. The van der Waals surface area contributed by atoms with Crippen LogP contribution < -0.4 is 4.74 Å². The SMILES string of the molecule is CSc1nnc(C(F)F)n1/N=C\c1ccc(COc2ccc(F)c(Cl)c2)o1. The molecular weight excluding hydrogens is 405 g/mol. The lowest BCUT2D eigenvalue weighted by atomic mass is 10.3. The van der Waals surface area contributed by atoms with Crippen molar-refractivity contribution in [1.82, 2.24) is 14.9 Å². The number of nitrogens with zero attached hydrogens (tertiary/aromatic N) is 4. The van der Waals surface area contributed by atoms with E-state index < -0.39 is 18.1 Å². The van der Waals surface area contributed by atoms with Crippen LogP contribution in [0, 0.1) is 5.82 Å².